The molecule has 2 aromatic carbocycles. The molecule has 3 aromatic rings. The first-order valence-electron chi connectivity index (χ1n) is 8.13. The van der Waals surface area contributed by atoms with Gasteiger partial charge >= 0.3 is 6.18 Å². The molecule has 0 unspecified atom stereocenters. The minimum absolute atomic E-state index is 0.0330. The third-order valence-corrected chi connectivity index (χ3v) is 4.51. The largest absolute Gasteiger partial charge is 0.435 e. The number of rotatable bonds is 5. The SMILES string of the molecule is NS(=O)(=O)Cc1cccc(NC(=O)c2nnn(-c3ccc(F)cc3)c2C(F)(F)F)c1. The Kier molecular flexibility index (Phi) is 5.59. The predicted molar refractivity (Wildman–Crippen MR) is 97.5 cm³/mol. The zero-order valence-corrected chi connectivity index (χ0v) is 15.7. The van der Waals surface area contributed by atoms with E-state index in [2.05, 4.69) is 15.6 Å². The van der Waals surface area contributed by atoms with Crippen LogP contribution < -0.4 is 10.5 Å². The van der Waals surface area contributed by atoms with Crippen LogP contribution in [0.2, 0.25) is 0 Å². The molecule has 0 bridgehead atoms. The number of halogens is 4. The van der Waals surface area contributed by atoms with Gasteiger partial charge in [-0.2, -0.15) is 13.2 Å². The lowest BCUT2D eigenvalue weighted by Crippen LogP contribution is -2.21. The van der Waals surface area contributed by atoms with Crippen LogP contribution in [-0.2, 0) is 22.0 Å². The third kappa shape index (κ3) is 4.99. The van der Waals surface area contributed by atoms with Gasteiger partial charge < -0.3 is 5.32 Å². The van der Waals surface area contributed by atoms with Crippen molar-refractivity contribution < 1.29 is 30.8 Å². The van der Waals surface area contributed by atoms with Crippen LogP contribution in [-0.4, -0.2) is 29.3 Å². The summed E-state index contributed by atoms with van der Waals surface area (Å²) in [7, 11) is -3.84. The molecule has 0 fully saturated rings. The zero-order valence-electron chi connectivity index (χ0n) is 14.9. The summed E-state index contributed by atoms with van der Waals surface area (Å²) in [5.74, 6) is -2.40. The van der Waals surface area contributed by atoms with Gasteiger partial charge in [-0.1, -0.05) is 17.3 Å². The van der Waals surface area contributed by atoms with E-state index in [1.54, 1.807) is 0 Å². The number of hydrogen-bond donors (Lipinski definition) is 2. The van der Waals surface area contributed by atoms with Gasteiger partial charge in [-0.15, -0.1) is 5.10 Å². The summed E-state index contributed by atoms with van der Waals surface area (Å²) >= 11 is 0. The fraction of sp³-hybridized carbons (Fsp3) is 0.118. The van der Waals surface area contributed by atoms with E-state index in [4.69, 9.17) is 5.14 Å². The molecule has 1 aromatic heterocycles. The molecule has 0 aliphatic carbocycles. The molecule has 1 amide bonds. The molecule has 3 N–H and O–H groups in total. The highest BCUT2D eigenvalue weighted by atomic mass is 32.2. The molecule has 1 heterocycles. The minimum Gasteiger partial charge on any atom is -0.321 e. The van der Waals surface area contributed by atoms with Crippen LogP contribution in [0.5, 0.6) is 0 Å². The summed E-state index contributed by atoms with van der Waals surface area (Å²) < 4.78 is 76.7. The van der Waals surface area contributed by atoms with Gasteiger partial charge in [0, 0.05) is 5.69 Å². The van der Waals surface area contributed by atoms with E-state index >= 15 is 0 Å². The van der Waals surface area contributed by atoms with Crippen molar-refractivity contribution in [2.75, 3.05) is 5.32 Å². The Balaban J connectivity index is 1.95. The number of anilines is 1. The lowest BCUT2D eigenvalue weighted by Gasteiger charge is -2.11. The van der Waals surface area contributed by atoms with E-state index in [0.29, 0.717) is 4.68 Å². The van der Waals surface area contributed by atoms with Crippen LogP contribution in [0.25, 0.3) is 5.69 Å². The number of carbonyl (C=O) groups is 1. The summed E-state index contributed by atoms with van der Waals surface area (Å²) in [6, 6.07) is 9.40. The maximum Gasteiger partial charge on any atom is 0.435 e. The number of nitrogens with one attached hydrogen (secondary N) is 1. The second kappa shape index (κ2) is 7.84. The molecule has 8 nitrogen and oxygen atoms in total. The van der Waals surface area contributed by atoms with Crippen LogP contribution >= 0.6 is 0 Å². The average molecular weight is 443 g/mol. The van der Waals surface area contributed by atoms with Crippen LogP contribution in [0.15, 0.2) is 48.5 Å². The highest BCUT2D eigenvalue weighted by Crippen LogP contribution is 2.33. The molecule has 30 heavy (non-hydrogen) atoms. The second-order valence-electron chi connectivity index (χ2n) is 6.13. The quantitative estimate of drug-likeness (QED) is 0.587. The van der Waals surface area contributed by atoms with Gasteiger partial charge in [0.2, 0.25) is 10.0 Å². The predicted octanol–water partition coefficient (Wildman–Crippen LogP) is 2.47. The van der Waals surface area contributed by atoms with Gasteiger partial charge in [0.15, 0.2) is 11.4 Å². The minimum atomic E-state index is -5.00. The summed E-state index contributed by atoms with van der Waals surface area (Å²) in [4.78, 5) is 12.4. The van der Waals surface area contributed by atoms with Crippen LogP contribution in [0.1, 0.15) is 21.7 Å². The normalized spacial score (nSPS) is 12.0. The number of nitrogens with two attached hydrogens (primary N) is 1. The van der Waals surface area contributed by atoms with Gasteiger partial charge in [-0.05, 0) is 42.0 Å². The van der Waals surface area contributed by atoms with Crippen LogP contribution in [0.4, 0.5) is 23.2 Å². The first-order chi connectivity index (χ1) is 13.9. The standard InChI is InChI=1S/C17H13F4N5O3S/c18-11-4-6-13(7-5-11)26-15(17(19,20)21)14(24-25-26)16(27)23-12-3-1-2-10(8-12)9-30(22,28)29/h1-8H,9H2,(H,23,27)(H2,22,28,29). The Morgan fingerprint density at radius 1 is 1.13 bits per heavy atom. The summed E-state index contributed by atoms with van der Waals surface area (Å²) in [6.07, 6.45) is -5.00. The Bertz CT molecular complexity index is 1190. The van der Waals surface area contributed by atoms with Crippen molar-refractivity contribution in [2.24, 2.45) is 5.14 Å². The van der Waals surface area contributed by atoms with Crippen molar-refractivity contribution in [3.8, 4) is 5.69 Å². The topological polar surface area (TPSA) is 120 Å². The van der Waals surface area contributed by atoms with E-state index in [1.807, 2.05) is 0 Å². The lowest BCUT2D eigenvalue weighted by atomic mass is 10.2. The van der Waals surface area contributed by atoms with Gasteiger partial charge in [0.1, 0.15) is 5.82 Å². The average Bonchev–Trinajstić information content (AvgIpc) is 3.07. The smallest absolute Gasteiger partial charge is 0.321 e. The second-order valence-corrected chi connectivity index (χ2v) is 7.75. The first kappa shape index (κ1) is 21.4. The fourth-order valence-electron chi connectivity index (χ4n) is 2.61. The van der Waals surface area contributed by atoms with E-state index < -0.39 is 45.1 Å². The molecular formula is C17H13F4N5O3S. The molecule has 0 spiro atoms. The molecule has 0 radical (unpaired) electrons. The summed E-state index contributed by atoms with van der Waals surface area (Å²) in [5, 5.41) is 13.9. The van der Waals surface area contributed by atoms with Crippen molar-refractivity contribution in [1.82, 2.24) is 15.0 Å². The number of amides is 1. The maximum absolute atomic E-state index is 13.6. The highest BCUT2D eigenvalue weighted by molar-refractivity contribution is 7.88. The van der Waals surface area contributed by atoms with Crippen LogP contribution in [0.3, 0.4) is 0 Å². The monoisotopic (exact) mass is 443 g/mol. The third-order valence-electron chi connectivity index (χ3n) is 3.78. The van der Waals surface area contributed by atoms with E-state index in [0.717, 1.165) is 24.3 Å². The number of nitrogens with zero attached hydrogens (tertiary/aromatic N) is 3. The van der Waals surface area contributed by atoms with E-state index in [-0.39, 0.29) is 16.9 Å². The zero-order chi connectivity index (χ0) is 22.1. The Morgan fingerprint density at radius 3 is 2.40 bits per heavy atom. The highest BCUT2D eigenvalue weighted by Gasteiger charge is 2.42. The van der Waals surface area contributed by atoms with Crippen molar-refractivity contribution in [2.45, 2.75) is 11.9 Å². The molecule has 0 aliphatic heterocycles. The van der Waals surface area contributed by atoms with Gasteiger partial charge in [0.25, 0.3) is 5.91 Å². The molecule has 13 heteroatoms. The molecule has 158 valence electrons. The van der Waals surface area contributed by atoms with Crippen molar-refractivity contribution in [3.05, 3.63) is 71.3 Å². The Hall–Kier alpha value is -3.32. The van der Waals surface area contributed by atoms with Gasteiger partial charge in [-0.3, -0.25) is 4.79 Å². The number of aromatic nitrogens is 3. The fourth-order valence-corrected chi connectivity index (χ4v) is 3.26. The number of alkyl halides is 3. The molecule has 3 rings (SSSR count). The van der Waals surface area contributed by atoms with Crippen molar-refractivity contribution in [1.29, 1.82) is 0 Å². The Labute approximate surface area is 167 Å². The number of sulfonamides is 1. The van der Waals surface area contributed by atoms with Crippen LogP contribution in [0, 0.1) is 5.82 Å². The van der Waals surface area contributed by atoms with E-state index in [9.17, 15) is 30.8 Å². The lowest BCUT2D eigenvalue weighted by molar-refractivity contribution is -0.143. The summed E-state index contributed by atoms with van der Waals surface area (Å²) in [6.45, 7) is 0. The molecule has 0 saturated carbocycles. The van der Waals surface area contributed by atoms with Gasteiger partial charge in [-0.25, -0.2) is 22.6 Å². The number of carbonyl (C=O) groups excluding carboxylic acids is 1. The Morgan fingerprint density at radius 2 is 1.80 bits per heavy atom. The molecule has 0 atom stereocenters. The number of benzene rings is 2. The van der Waals surface area contributed by atoms with E-state index in [1.165, 1.54) is 24.3 Å². The van der Waals surface area contributed by atoms with Crippen molar-refractivity contribution in [3.63, 3.8) is 0 Å². The first-order valence-corrected chi connectivity index (χ1v) is 9.85. The molecular weight excluding hydrogens is 430 g/mol. The summed E-state index contributed by atoms with van der Waals surface area (Å²) in [5.41, 5.74) is -2.35. The number of primary sulfonamides is 1. The molecule has 0 aliphatic rings. The van der Waals surface area contributed by atoms with Gasteiger partial charge in [0.05, 0.1) is 11.4 Å². The maximum atomic E-state index is 13.6. The van der Waals surface area contributed by atoms with Crippen molar-refractivity contribution >= 4 is 21.6 Å². The number of hydrogen-bond acceptors (Lipinski definition) is 5. The molecule has 0 saturated heterocycles.